The Bertz CT molecular complexity index is 803. The Labute approximate surface area is 150 Å². The molecule has 2 fully saturated rings. The largest absolute Gasteiger partial charge is 0.477 e. The number of ether oxygens (including phenoxy) is 1. The molecule has 0 aliphatic carbocycles. The van der Waals surface area contributed by atoms with Gasteiger partial charge in [0, 0.05) is 31.5 Å². The molecule has 1 aromatic heterocycles. The van der Waals surface area contributed by atoms with Crippen molar-refractivity contribution in [2.24, 2.45) is 0 Å². The number of nitrogens with zero attached hydrogens (tertiary/aromatic N) is 3. The molecule has 0 spiro atoms. The van der Waals surface area contributed by atoms with Crippen LogP contribution in [0.5, 0.6) is 5.75 Å². The maximum Gasteiger partial charge on any atom is 0.263 e. The van der Waals surface area contributed by atoms with E-state index in [4.69, 9.17) is 9.15 Å². The van der Waals surface area contributed by atoms with Crippen LogP contribution in [0.3, 0.4) is 0 Å². The lowest BCUT2D eigenvalue weighted by molar-refractivity contribution is -0.135. The Kier molecular flexibility index (Phi) is 4.58. The molecule has 4 rings (SSSR count). The summed E-state index contributed by atoms with van der Waals surface area (Å²) < 4.78 is 25.4. The molecule has 2 aliphatic heterocycles. The maximum atomic E-state index is 14.4. The van der Waals surface area contributed by atoms with Crippen molar-refractivity contribution in [3.05, 3.63) is 29.9 Å². The van der Waals surface area contributed by atoms with Gasteiger partial charge in [-0.05, 0) is 44.1 Å². The first-order valence-electron chi connectivity index (χ1n) is 8.89. The van der Waals surface area contributed by atoms with Gasteiger partial charge in [-0.15, -0.1) is 10.2 Å². The number of nitrogens with one attached hydrogen (secondary N) is 1. The van der Waals surface area contributed by atoms with E-state index in [1.54, 1.807) is 13.0 Å². The minimum atomic E-state index is -0.629. The zero-order valence-electron chi connectivity index (χ0n) is 14.6. The zero-order valence-corrected chi connectivity index (χ0v) is 14.6. The standard InChI is InChI=1S/C18H21FN4O3/c1-11-21-22-17(25-11)12-2-3-15(14(19)10-12)26-16-6-9-23(18(16)24)13-4-7-20-8-5-13/h2-3,10,13,16,20H,4-9H2,1H3. The first-order valence-corrected chi connectivity index (χ1v) is 8.89. The highest BCUT2D eigenvalue weighted by molar-refractivity contribution is 5.83. The molecule has 0 saturated carbocycles. The molecule has 8 heteroatoms. The Morgan fingerprint density at radius 1 is 1.27 bits per heavy atom. The quantitative estimate of drug-likeness (QED) is 0.897. The number of likely N-dealkylation sites (tertiary alicyclic amines) is 1. The van der Waals surface area contributed by atoms with Crippen molar-refractivity contribution in [1.82, 2.24) is 20.4 Å². The Hall–Kier alpha value is -2.48. The Balaban J connectivity index is 1.45. The second-order valence-corrected chi connectivity index (χ2v) is 6.68. The van der Waals surface area contributed by atoms with Gasteiger partial charge in [-0.1, -0.05) is 0 Å². The van der Waals surface area contributed by atoms with Crippen LogP contribution in [0.2, 0.25) is 0 Å². The molecule has 0 bridgehead atoms. The summed E-state index contributed by atoms with van der Waals surface area (Å²) in [6.07, 6.45) is 1.85. The number of benzene rings is 1. The fourth-order valence-electron chi connectivity index (χ4n) is 3.56. The third-order valence-corrected chi connectivity index (χ3v) is 4.91. The van der Waals surface area contributed by atoms with E-state index >= 15 is 0 Å². The predicted octanol–water partition coefficient (Wildman–Crippen LogP) is 1.92. The fourth-order valence-corrected chi connectivity index (χ4v) is 3.56. The zero-order chi connectivity index (χ0) is 18.1. The average Bonchev–Trinajstić information content (AvgIpc) is 3.24. The van der Waals surface area contributed by atoms with Crippen LogP contribution in [-0.4, -0.2) is 52.8 Å². The van der Waals surface area contributed by atoms with Crippen LogP contribution in [-0.2, 0) is 4.79 Å². The van der Waals surface area contributed by atoms with E-state index in [9.17, 15) is 9.18 Å². The van der Waals surface area contributed by atoms with E-state index in [1.807, 2.05) is 4.90 Å². The normalized spacial score (nSPS) is 21.4. The molecule has 7 nitrogen and oxygen atoms in total. The second kappa shape index (κ2) is 7.03. The summed E-state index contributed by atoms with van der Waals surface area (Å²) in [6, 6.07) is 4.69. The van der Waals surface area contributed by atoms with Gasteiger partial charge in [0.25, 0.3) is 5.91 Å². The molecule has 3 heterocycles. The number of aromatic nitrogens is 2. The molecule has 1 aromatic carbocycles. The van der Waals surface area contributed by atoms with E-state index in [2.05, 4.69) is 15.5 Å². The predicted molar refractivity (Wildman–Crippen MR) is 91.1 cm³/mol. The lowest BCUT2D eigenvalue weighted by Gasteiger charge is -2.31. The molecular weight excluding hydrogens is 339 g/mol. The van der Waals surface area contributed by atoms with Crippen LogP contribution in [0.1, 0.15) is 25.2 Å². The number of halogens is 1. The summed E-state index contributed by atoms with van der Waals surface area (Å²) in [5.74, 6) is 0.132. The highest BCUT2D eigenvalue weighted by Crippen LogP contribution is 2.28. The van der Waals surface area contributed by atoms with Crippen molar-refractivity contribution in [2.45, 2.75) is 38.3 Å². The Morgan fingerprint density at radius 3 is 2.77 bits per heavy atom. The molecule has 1 atom stereocenters. The molecule has 1 unspecified atom stereocenters. The van der Waals surface area contributed by atoms with E-state index in [-0.39, 0.29) is 23.6 Å². The van der Waals surface area contributed by atoms with Gasteiger partial charge in [0.1, 0.15) is 0 Å². The average molecular weight is 360 g/mol. The number of hydrogen-bond acceptors (Lipinski definition) is 6. The van der Waals surface area contributed by atoms with Gasteiger partial charge in [-0.2, -0.15) is 0 Å². The molecular formula is C18H21FN4O3. The second-order valence-electron chi connectivity index (χ2n) is 6.68. The fraction of sp³-hybridized carbons (Fsp3) is 0.500. The lowest BCUT2D eigenvalue weighted by atomic mass is 10.1. The topological polar surface area (TPSA) is 80.5 Å². The van der Waals surface area contributed by atoms with E-state index in [1.165, 1.54) is 12.1 Å². The summed E-state index contributed by atoms with van der Waals surface area (Å²) in [5, 5.41) is 10.9. The first-order chi connectivity index (χ1) is 12.6. The van der Waals surface area contributed by atoms with Gasteiger partial charge in [-0.3, -0.25) is 4.79 Å². The highest BCUT2D eigenvalue weighted by atomic mass is 19.1. The molecule has 1 amide bonds. The minimum Gasteiger partial charge on any atom is -0.477 e. The minimum absolute atomic E-state index is 0.0482. The SMILES string of the molecule is Cc1nnc(-c2ccc(OC3CCN(C4CCNCC4)C3=O)c(F)c2)o1. The highest BCUT2D eigenvalue weighted by Gasteiger charge is 2.38. The third kappa shape index (κ3) is 3.29. The number of carbonyl (C=O) groups excluding carboxylic acids is 1. The van der Waals surface area contributed by atoms with Crippen molar-refractivity contribution in [1.29, 1.82) is 0 Å². The lowest BCUT2D eigenvalue weighted by Crippen LogP contribution is -2.45. The molecule has 2 aromatic rings. The summed E-state index contributed by atoms with van der Waals surface area (Å²) >= 11 is 0. The number of amides is 1. The smallest absolute Gasteiger partial charge is 0.263 e. The first kappa shape index (κ1) is 17.0. The van der Waals surface area contributed by atoms with Crippen molar-refractivity contribution in [3.63, 3.8) is 0 Å². The van der Waals surface area contributed by atoms with E-state index in [0.717, 1.165) is 25.9 Å². The number of piperidine rings is 1. The number of hydrogen-bond donors (Lipinski definition) is 1. The van der Waals surface area contributed by atoms with Crippen LogP contribution in [0.15, 0.2) is 22.6 Å². The van der Waals surface area contributed by atoms with Crippen molar-refractivity contribution >= 4 is 5.91 Å². The molecule has 2 saturated heterocycles. The van der Waals surface area contributed by atoms with Crippen molar-refractivity contribution < 1.29 is 18.3 Å². The monoisotopic (exact) mass is 360 g/mol. The van der Waals surface area contributed by atoms with Crippen molar-refractivity contribution in [2.75, 3.05) is 19.6 Å². The van der Waals surface area contributed by atoms with Gasteiger partial charge >= 0.3 is 0 Å². The number of rotatable bonds is 4. The molecule has 138 valence electrons. The number of aryl methyl sites for hydroxylation is 1. The summed E-state index contributed by atoms with van der Waals surface area (Å²) in [5.41, 5.74) is 0.476. The van der Waals surface area contributed by atoms with Gasteiger partial charge in [-0.25, -0.2) is 4.39 Å². The molecule has 1 N–H and O–H groups in total. The van der Waals surface area contributed by atoms with Gasteiger partial charge in [0.2, 0.25) is 11.8 Å². The third-order valence-electron chi connectivity index (χ3n) is 4.91. The van der Waals surface area contributed by atoms with Crippen LogP contribution < -0.4 is 10.1 Å². The van der Waals surface area contributed by atoms with Crippen LogP contribution in [0.4, 0.5) is 4.39 Å². The van der Waals surface area contributed by atoms with Crippen LogP contribution in [0, 0.1) is 12.7 Å². The van der Waals surface area contributed by atoms with Crippen molar-refractivity contribution in [3.8, 4) is 17.2 Å². The summed E-state index contributed by atoms with van der Waals surface area (Å²) in [7, 11) is 0. The van der Waals surface area contributed by atoms with Gasteiger partial charge < -0.3 is 19.4 Å². The summed E-state index contributed by atoms with van der Waals surface area (Å²) in [4.78, 5) is 14.5. The van der Waals surface area contributed by atoms with Gasteiger partial charge in [0.15, 0.2) is 17.7 Å². The van der Waals surface area contributed by atoms with Gasteiger partial charge in [0.05, 0.1) is 0 Å². The van der Waals surface area contributed by atoms with E-state index in [0.29, 0.717) is 24.4 Å². The summed E-state index contributed by atoms with van der Waals surface area (Å²) in [6.45, 7) is 4.18. The number of carbonyl (C=O) groups is 1. The Morgan fingerprint density at radius 2 is 2.08 bits per heavy atom. The van der Waals surface area contributed by atoms with Crippen LogP contribution in [0.25, 0.3) is 11.5 Å². The van der Waals surface area contributed by atoms with E-state index < -0.39 is 11.9 Å². The maximum absolute atomic E-state index is 14.4. The molecule has 0 radical (unpaired) electrons. The molecule has 2 aliphatic rings. The van der Waals surface area contributed by atoms with Crippen LogP contribution >= 0.6 is 0 Å². The molecule has 26 heavy (non-hydrogen) atoms.